The summed E-state index contributed by atoms with van der Waals surface area (Å²) < 4.78 is 5.19. The minimum Gasteiger partial charge on any atom is -0.404 e. The summed E-state index contributed by atoms with van der Waals surface area (Å²) in [5.41, 5.74) is 1.08. The van der Waals surface area contributed by atoms with Crippen molar-refractivity contribution >= 4 is 11.8 Å². The van der Waals surface area contributed by atoms with Crippen LogP contribution in [0.2, 0.25) is 0 Å². The Bertz CT molecular complexity index is 739. The van der Waals surface area contributed by atoms with Crippen LogP contribution in [0.15, 0.2) is 46.9 Å². The highest BCUT2D eigenvalue weighted by Crippen LogP contribution is 2.17. The molecule has 1 aliphatic rings. The topological polar surface area (TPSA) is 91.9 Å². The molecule has 1 amide bonds. The number of nitrogens with one attached hydrogen (secondary N) is 1. The van der Waals surface area contributed by atoms with Gasteiger partial charge in [-0.2, -0.15) is 0 Å². The number of amides is 1. The van der Waals surface area contributed by atoms with Crippen LogP contribution in [0, 0.1) is 10.1 Å². The summed E-state index contributed by atoms with van der Waals surface area (Å²) in [6.45, 7) is 4.61. The van der Waals surface area contributed by atoms with Gasteiger partial charge >= 0.3 is 5.88 Å². The van der Waals surface area contributed by atoms with E-state index < -0.39 is 4.92 Å². The Hall–Kier alpha value is -2.71. The zero-order chi connectivity index (χ0) is 18.4. The van der Waals surface area contributed by atoms with Gasteiger partial charge in [0, 0.05) is 32.7 Å². The van der Waals surface area contributed by atoms with Gasteiger partial charge in [-0.25, -0.2) is 0 Å². The molecule has 0 unspecified atom stereocenters. The molecule has 1 saturated heterocycles. The molecule has 0 spiro atoms. The maximum atomic E-state index is 12.1. The van der Waals surface area contributed by atoms with Crippen molar-refractivity contribution < 1.29 is 14.1 Å². The van der Waals surface area contributed by atoms with Crippen molar-refractivity contribution in [3.8, 4) is 0 Å². The molecule has 3 rings (SSSR count). The van der Waals surface area contributed by atoms with E-state index in [9.17, 15) is 14.9 Å². The molecule has 1 fully saturated rings. The molecule has 138 valence electrons. The Morgan fingerprint density at radius 1 is 1.08 bits per heavy atom. The number of furan rings is 1. The van der Waals surface area contributed by atoms with Gasteiger partial charge in [-0.3, -0.25) is 24.7 Å². The number of carbonyl (C=O) groups is 1. The van der Waals surface area contributed by atoms with Crippen LogP contribution in [0.25, 0.3) is 0 Å². The number of piperazine rings is 1. The lowest BCUT2D eigenvalue weighted by atomic mass is 10.2. The van der Waals surface area contributed by atoms with E-state index in [-0.39, 0.29) is 11.8 Å². The summed E-state index contributed by atoms with van der Waals surface area (Å²) in [4.78, 5) is 26.5. The number of carbonyl (C=O) groups excluding carboxylic acids is 1. The molecule has 2 aromatic rings. The van der Waals surface area contributed by atoms with Crippen LogP contribution in [0.4, 0.5) is 5.88 Å². The molecule has 8 heteroatoms. The summed E-state index contributed by atoms with van der Waals surface area (Å²) in [6.07, 6.45) is 0. The van der Waals surface area contributed by atoms with E-state index >= 15 is 0 Å². The van der Waals surface area contributed by atoms with Crippen LogP contribution >= 0.6 is 0 Å². The van der Waals surface area contributed by atoms with Crippen molar-refractivity contribution in [3.63, 3.8) is 0 Å². The van der Waals surface area contributed by atoms with Gasteiger partial charge < -0.3 is 9.73 Å². The Morgan fingerprint density at radius 2 is 1.77 bits per heavy atom. The van der Waals surface area contributed by atoms with Gasteiger partial charge in [0.1, 0.15) is 10.7 Å². The van der Waals surface area contributed by atoms with Crippen LogP contribution in [-0.4, -0.2) is 53.4 Å². The predicted octanol–water partition coefficient (Wildman–Crippen LogP) is 1.62. The zero-order valence-corrected chi connectivity index (χ0v) is 14.5. The van der Waals surface area contributed by atoms with Crippen LogP contribution in [0.1, 0.15) is 11.3 Å². The lowest BCUT2D eigenvalue weighted by Gasteiger charge is -2.33. The third-order valence-electron chi connectivity index (χ3n) is 4.37. The monoisotopic (exact) mass is 358 g/mol. The quantitative estimate of drug-likeness (QED) is 0.597. The fourth-order valence-electron chi connectivity index (χ4n) is 2.93. The number of nitro groups is 1. The smallest absolute Gasteiger partial charge is 0.404 e. The molecule has 0 radical (unpaired) electrons. The van der Waals surface area contributed by atoms with Crippen LogP contribution in [0.3, 0.4) is 0 Å². The van der Waals surface area contributed by atoms with Crippen molar-refractivity contribution in [2.75, 3.05) is 32.7 Å². The van der Waals surface area contributed by atoms with Gasteiger partial charge in [-0.15, -0.1) is 0 Å². The molecule has 0 bridgehead atoms. The van der Waals surface area contributed by atoms with Gasteiger partial charge in [-0.1, -0.05) is 30.3 Å². The van der Waals surface area contributed by atoms with Crippen LogP contribution in [0.5, 0.6) is 0 Å². The van der Waals surface area contributed by atoms with Gasteiger partial charge in [0.05, 0.1) is 19.2 Å². The van der Waals surface area contributed by atoms with E-state index in [1.54, 1.807) is 6.07 Å². The summed E-state index contributed by atoms with van der Waals surface area (Å²) in [5.74, 6) is 0.378. The number of hydrogen-bond donors (Lipinski definition) is 1. The minimum atomic E-state index is -0.532. The molecule has 1 aliphatic heterocycles. The maximum Gasteiger partial charge on any atom is 0.433 e. The summed E-state index contributed by atoms with van der Waals surface area (Å²) in [6, 6.07) is 12.8. The third kappa shape index (κ3) is 5.14. The molecule has 0 aliphatic carbocycles. The standard InChI is InChI=1S/C18H22N4O4/c23-17(19-12-15-4-2-1-3-5-15)14-21-10-8-20(9-11-21)13-16-6-7-18(26-16)22(24)25/h1-7H,8-14H2,(H,19,23). The molecule has 0 saturated carbocycles. The normalized spacial score (nSPS) is 15.7. The molecule has 1 N–H and O–H groups in total. The number of benzene rings is 1. The molecule has 2 heterocycles. The first-order valence-electron chi connectivity index (χ1n) is 8.58. The molecule has 26 heavy (non-hydrogen) atoms. The maximum absolute atomic E-state index is 12.1. The minimum absolute atomic E-state index is 0.0176. The highest BCUT2D eigenvalue weighted by atomic mass is 16.6. The Labute approximate surface area is 151 Å². The number of nitrogens with zero attached hydrogens (tertiary/aromatic N) is 3. The van der Waals surface area contributed by atoms with E-state index in [1.807, 2.05) is 30.3 Å². The second-order valence-electron chi connectivity index (χ2n) is 6.31. The van der Waals surface area contributed by atoms with E-state index in [1.165, 1.54) is 6.07 Å². The molecule has 0 atom stereocenters. The van der Waals surface area contributed by atoms with Crippen molar-refractivity contribution in [2.24, 2.45) is 0 Å². The van der Waals surface area contributed by atoms with Gasteiger partial charge in [0.2, 0.25) is 5.91 Å². The SMILES string of the molecule is O=C(CN1CCN(Cc2ccc([N+](=O)[O-])o2)CC1)NCc1ccccc1. The zero-order valence-electron chi connectivity index (χ0n) is 14.5. The average molecular weight is 358 g/mol. The highest BCUT2D eigenvalue weighted by molar-refractivity contribution is 5.78. The first-order valence-corrected chi connectivity index (χ1v) is 8.58. The van der Waals surface area contributed by atoms with Crippen molar-refractivity contribution in [1.82, 2.24) is 15.1 Å². The molecular formula is C18H22N4O4. The van der Waals surface area contributed by atoms with Crippen LogP contribution < -0.4 is 5.32 Å². The summed E-state index contributed by atoms with van der Waals surface area (Å²) in [5, 5.41) is 13.6. The van der Waals surface area contributed by atoms with Crippen molar-refractivity contribution in [1.29, 1.82) is 0 Å². The lowest BCUT2D eigenvalue weighted by molar-refractivity contribution is -0.402. The van der Waals surface area contributed by atoms with E-state index in [0.29, 0.717) is 25.4 Å². The second kappa shape index (κ2) is 8.59. The third-order valence-corrected chi connectivity index (χ3v) is 4.37. The molecular weight excluding hydrogens is 336 g/mol. The Balaban J connectivity index is 1.37. The highest BCUT2D eigenvalue weighted by Gasteiger charge is 2.21. The average Bonchev–Trinajstić information content (AvgIpc) is 3.11. The van der Waals surface area contributed by atoms with Gasteiger partial charge in [0.15, 0.2) is 0 Å². The molecule has 8 nitrogen and oxygen atoms in total. The Morgan fingerprint density at radius 3 is 2.42 bits per heavy atom. The second-order valence-corrected chi connectivity index (χ2v) is 6.31. The van der Waals surface area contributed by atoms with Crippen LogP contribution in [-0.2, 0) is 17.9 Å². The predicted molar refractivity (Wildman–Crippen MR) is 95.4 cm³/mol. The Kier molecular flexibility index (Phi) is 5.98. The van der Waals surface area contributed by atoms with Crippen molar-refractivity contribution in [3.05, 3.63) is 63.9 Å². The van der Waals surface area contributed by atoms with E-state index in [4.69, 9.17) is 4.42 Å². The summed E-state index contributed by atoms with van der Waals surface area (Å²) >= 11 is 0. The first-order chi connectivity index (χ1) is 12.6. The fourth-order valence-corrected chi connectivity index (χ4v) is 2.93. The van der Waals surface area contributed by atoms with E-state index in [2.05, 4.69) is 15.1 Å². The van der Waals surface area contributed by atoms with Gasteiger partial charge in [0.25, 0.3) is 0 Å². The number of hydrogen-bond acceptors (Lipinski definition) is 6. The lowest BCUT2D eigenvalue weighted by Crippen LogP contribution is -2.49. The van der Waals surface area contributed by atoms with E-state index in [0.717, 1.165) is 31.7 Å². The molecule has 1 aromatic heterocycles. The summed E-state index contributed by atoms with van der Waals surface area (Å²) in [7, 11) is 0. The molecule has 1 aromatic carbocycles. The largest absolute Gasteiger partial charge is 0.433 e. The van der Waals surface area contributed by atoms with Crippen molar-refractivity contribution in [2.45, 2.75) is 13.1 Å². The first kappa shape index (κ1) is 18.1. The number of rotatable bonds is 7. The fraction of sp³-hybridized carbons (Fsp3) is 0.389. The van der Waals surface area contributed by atoms with Gasteiger partial charge in [-0.05, 0) is 11.6 Å².